The Morgan fingerprint density at radius 1 is 1.10 bits per heavy atom. The average molecular weight is 410 g/mol. The van der Waals surface area contributed by atoms with Crippen LogP contribution in [0.1, 0.15) is 36.8 Å². The molecule has 3 aromatic rings. The summed E-state index contributed by atoms with van der Waals surface area (Å²) in [6.07, 6.45) is -0.996. The number of nitrogens with zero attached hydrogens (tertiary/aromatic N) is 2. The summed E-state index contributed by atoms with van der Waals surface area (Å²) in [6, 6.07) is 14.3. The van der Waals surface area contributed by atoms with E-state index in [0.29, 0.717) is 16.5 Å². The lowest BCUT2D eigenvalue weighted by Gasteiger charge is -2.19. The monoisotopic (exact) mass is 410 g/mol. The van der Waals surface area contributed by atoms with E-state index >= 15 is 0 Å². The van der Waals surface area contributed by atoms with Gasteiger partial charge in [-0.25, -0.2) is 9.48 Å². The number of aliphatic hydroxyl groups is 1. The van der Waals surface area contributed by atoms with Gasteiger partial charge in [0, 0.05) is 5.39 Å². The summed E-state index contributed by atoms with van der Waals surface area (Å²) >= 11 is 0. The Labute approximate surface area is 174 Å². The number of methoxy groups -OCH3 is 1. The van der Waals surface area contributed by atoms with Gasteiger partial charge < -0.3 is 14.6 Å². The standard InChI is InChI=1S/C23H26N2O5/c1-23(2,3)15-9-11-17(12-10-15)30-14-16(26)13-25-21(27)19-8-6-5-7-18(19)20(24-25)22(28)29-4/h5-12,16,26H,13-14H2,1-4H3/t16-/m1/s1. The predicted octanol–water partition coefficient (Wildman–Crippen LogP) is 2.92. The van der Waals surface area contributed by atoms with Gasteiger partial charge in [-0.15, -0.1) is 0 Å². The molecule has 0 saturated carbocycles. The number of aromatic nitrogens is 2. The fourth-order valence-corrected chi connectivity index (χ4v) is 3.10. The molecule has 0 unspecified atom stereocenters. The molecule has 1 N–H and O–H groups in total. The fourth-order valence-electron chi connectivity index (χ4n) is 3.10. The third-order valence-corrected chi connectivity index (χ3v) is 4.79. The molecule has 0 fully saturated rings. The normalized spacial score (nSPS) is 12.6. The lowest BCUT2D eigenvalue weighted by molar-refractivity contribution is 0.0588. The Bertz CT molecular complexity index is 1100. The molecule has 0 aliphatic heterocycles. The third kappa shape index (κ3) is 4.68. The molecule has 0 spiro atoms. The van der Waals surface area contributed by atoms with Crippen molar-refractivity contribution in [1.29, 1.82) is 0 Å². The maximum Gasteiger partial charge on any atom is 0.359 e. The molecule has 7 nitrogen and oxygen atoms in total. The van der Waals surface area contributed by atoms with Crippen molar-refractivity contribution in [2.45, 2.75) is 38.8 Å². The number of carbonyl (C=O) groups excluding carboxylic acids is 1. The van der Waals surface area contributed by atoms with Crippen molar-refractivity contribution < 1.29 is 19.4 Å². The first kappa shape index (κ1) is 21.5. The third-order valence-electron chi connectivity index (χ3n) is 4.79. The number of rotatable bonds is 6. The molecule has 158 valence electrons. The molecule has 1 heterocycles. The highest BCUT2D eigenvalue weighted by Crippen LogP contribution is 2.24. The number of aliphatic hydroxyl groups excluding tert-OH is 1. The van der Waals surface area contributed by atoms with Crippen LogP contribution in [0.4, 0.5) is 0 Å². The first-order chi connectivity index (χ1) is 14.2. The molecular weight excluding hydrogens is 384 g/mol. The van der Waals surface area contributed by atoms with Gasteiger partial charge in [0.15, 0.2) is 5.69 Å². The van der Waals surface area contributed by atoms with Crippen LogP contribution in [0.5, 0.6) is 5.75 Å². The lowest BCUT2D eigenvalue weighted by Crippen LogP contribution is -2.33. The van der Waals surface area contributed by atoms with E-state index in [1.807, 2.05) is 24.3 Å². The summed E-state index contributed by atoms with van der Waals surface area (Å²) in [5.74, 6) is -0.0271. The number of esters is 1. The van der Waals surface area contributed by atoms with Crippen LogP contribution in [-0.2, 0) is 16.7 Å². The van der Waals surface area contributed by atoms with Gasteiger partial charge in [0.1, 0.15) is 18.5 Å². The Hall–Kier alpha value is -3.19. The molecular formula is C23H26N2O5. The minimum absolute atomic E-state index is 0.0244. The maximum absolute atomic E-state index is 12.7. The van der Waals surface area contributed by atoms with Crippen molar-refractivity contribution in [3.8, 4) is 5.75 Å². The van der Waals surface area contributed by atoms with Crippen LogP contribution >= 0.6 is 0 Å². The number of fused-ring (bicyclic) bond motifs is 1. The summed E-state index contributed by atoms with van der Waals surface area (Å²) in [6.45, 7) is 6.24. The summed E-state index contributed by atoms with van der Waals surface area (Å²) in [5, 5.41) is 15.3. The zero-order valence-electron chi connectivity index (χ0n) is 17.6. The van der Waals surface area contributed by atoms with Gasteiger partial charge >= 0.3 is 5.97 Å². The van der Waals surface area contributed by atoms with Gasteiger partial charge in [-0.05, 0) is 29.2 Å². The summed E-state index contributed by atoms with van der Waals surface area (Å²) in [5.41, 5.74) is 0.848. The molecule has 1 atom stereocenters. The van der Waals surface area contributed by atoms with E-state index in [1.165, 1.54) is 12.7 Å². The summed E-state index contributed by atoms with van der Waals surface area (Å²) < 4.78 is 11.5. The van der Waals surface area contributed by atoms with E-state index in [2.05, 4.69) is 25.9 Å². The number of hydrogen-bond acceptors (Lipinski definition) is 6. The van der Waals surface area contributed by atoms with E-state index in [-0.39, 0.29) is 24.3 Å². The van der Waals surface area contributed by atoms with Gasteiger partial charge in [-0.2, -0.15) is 5.10 Å². The summed E-state index contributed by atoms with van der Waals surface area (Å²) in [4.78, 5) is 24.8. The maximum atomic E-state index is 12.7. The van der Waals surface area contributed by atoms with Crippen molar-refractivity contribution in [3.63, 3.8) is 0 Å². The zero-order valence-corrected chi connectivity index (χ0v) is 17.6. The zero-order chi connectivity index (χ0) is 21.9. The lowest BCUT2D eigenvalue weighted by atomic mass is 9.87. The van der Waals surface area contributed by atoms with Crippen LogP contribution < -0.4 is 10.3 Å². The first-order valence-corrected chi connectivity index (χ1v) is 9.70. The quantitative estimate of drug-likeness (QED) is 0.629. The molecule has 2 aromatic carbocycles. The van der Waals surface area contributed by atoms with Crippen LogP contribution in [0.2, 0.25) is 0 Å². The topological polar surface area (TPSA) is 90.7 Å². The Kier molecular flexibility index (Phi) is 6.22. The molecule has 0 aliphatic rings. The van der Waals surface area contributed by atoms with Crippen LogP contribution in [-0.4, -0.2) is 40.7 Å². The molecule has 0 bridgehead atoms. The van der Waals surface area contributed by atoms with Gasteiger partial charge in [-0.1, -0.05) is 51.1 Å². The largest absolute Gasteiger partial charge is 0.491 e. The molecule has 0 saturated heterocycles. The van der Waals surface area contributed by atoms with E-state index in [0.717, 1.165) is 4.68 Å². The highest BCUT2D eigenvalue weighted by atomic mass is 16.5. The van der Waals surface area contributed by atoms with Gasteiger partial charge in [0.2, 0.25) is 0 Å². The molecule has 30 heavy (non-hydrogen) atoms. The molecule has 0 radical (unpaired) electrons. The Morgan fingerprint density at radius 3 is 2.33 bits per heavy atom. The average Bonchev–Trinajstić information content (AvgIpc) is 2.73. The van der Waals surface area contributed by atoms with Crippen LogP contribution in [0.3, 0.4) is 0 Å². The van der Waals surface area contributed by atoms with Crippen molar-refractivity contribution >= 4 is 16.7 Å². The highest BCUT2D eigenvalue weighted by Gasteiger charge is 2.19. The smallest absolute Gasteiger partial charge is 0.359 e. The minimum atomic E-state index is -0.996. The first-order valence-electron chi connectivity index (χ1n) is 9.70. The number of ether oxygens (including phenoxy) is 2. The Balaban J connectivity index is 1.76. The SMILES string of the molecule is COC(=O)c1nn(C[C@@H](O)COc2ccc(C(C)(C)C)cc2)c(=O)c2ccccc12. The number of carbonyl (C=O) groups is 1. The van der Waals surface area contributed by atoms with Crippen molar-refractivity contribution in [2.75, 3.05) is 13.7 Å². The van der Waals surface area contributed by atoms with Gasteiger partial charge in [0.25, 0.3) is 5.56 Å². The molecule has 3 rings (SSSR count). The molecule has 1 aromatic heterocycles. The fraction of sp³-hybridized carbons (Fsp3) is 0.348. The minimum Gasteiger partial charge on any atom is -0.491 e. The molecule has 0 aliphatic carbocycles. The van der Waals surface area contributed by atoms with E-state index in [1.54, 1.807) is 24.3 Å². The van der Waals surface area contributed by atoms with Crippen molar-refractivity contribution in [2.24, 2.45) is 0 Å². The Morgan fingerprint density at radius 2 is 1.73 bits per heavy atom. The van der Waals surface area contributed by atoms with Gasteiger partial charge in [-0.3, -0.25) is 4.79 Å². The van der Waals surface area contributed by atoms with Crippen molar-refractivity contribution in [1.82, 2.24) is 9.78 Å². The molecule has 0 amide bonds. The predicted molar refractivity (Wildman–Crippen MR) is 114 cm³/mol. The number of hydrogen-bond donors (Lipinski definition) is 1. The summed E-state index contributed by atoms with van der Waals surface area (Å²) in [7, 11) is 1.25. The van der Waals surface area contributed by atoms with E-state index < -0.39 is 17.6 Å². The second kappa shape index (κ2) is 8.67. The van der Waals surface area contributed by atoms with Crippen LogP contribution in [0.25, 0.3) is 10.8 Å². The van der Waals surface area contributed by atoms with E-state index in [9.17, 15) is 14.7 Å². The van der Waals surface area contributed by atoms with E-state index in [4.69, 9.17) is 9.47 Å². The van der Waals surface area contributed by atoms with Gasteiger partial charge in [0.05, 0.1) is 19.0 Å². The molecule has 7 heteroatoms. The second-order valence-electron chi connectivity index (χ2n) is 8.11. The van der Waals surface area contributed by atoms with Crippen LogP contribution in [0.15, 0.2) is 53.3 Å². The van der Waals surface area contributed by atoms with Crippen LogP contribution in [0, 0.1) is 0 Å². The van der Waals surface area contributed by atoms with Crippen molar-refractivity contribution in [3.05, 3.63) is 70.1 Å². The highest BCUT2D eigenvalue weighted by molar-refractivity contribution is 6.01. The second-order valence-corrected chi connectivity index (χ2v) is 8.11. The number of benzene rings is 2.